The smallest absolute Gasteiger partial charge is 0.119 e. The third-order valence-corrected chi connectivity index (χ3v) is 2.18. The van der Waals surface area contributed by atoms with E-state index in [4.69, 9.17) is 4.74 Å². The molecular formula is C12H19NO. The van der Waals surface area contributed by atoms with Gasteiger partial charge in [-0.3, -0.25) is 0 Å². The number of nitrogens with one attached hydrogen (secondary N) is 1. The van der Waals surface area contributed by atoms with Crippen molar-refractivity contribution < 1.29 is 4.74 Å². The van der Waals surface area contributed by atoms with E-state index in [1.165, 1.54) is 0 Å². The predicted octanol–water partition coefficient (Wildman–Crippen LogP) is 2.31. The Morgan fingerprint density at radius 3 is 2.64 bits per heavy atom. The second-order valence-electron chi connectivity index (χ2n) is 3.61. The number of para-hydroxylation sites is 1. The lowest BCUT2D eigenvalue weighted by Gasteiger charge is -2.11. The molecule has 0 amide bonds. The monoisotopic (exact) mass is 193 g/mol. The van der Waals surface area contributed by atoms with Crippen LogP contribution in [0.25, 0.3) is 0 Å². The van der Waals surface area contributed by atoms with Gasteiger partial charge in [0.2, 0.25) is 0 Å². The first-order valence-corrected chi connectivity index (χ1v) is 5.15. The van der Waals surface area contributed by atoms with Gasteiger partial charge in [0.15, 0.2) is 0 Å². The van der Waals surface area contributed by atoms with Crippen molar-refractivity contribution in [2.75, 3.05) is 20.2 Å². The summed E-state index contributed by atoms with van der Waals surface area (Å²) in [6, 6.07) is 9.96. The second kappa shape index (κ2) is 6.44. The first-order chi connectivity index (χ1) is 6.83. The number of rotatable bonds is 6. The van der Waals surface area contributed by atoms with Crippen LogP contribution in [-0.2, 0) is 0 Å². The molecule has 14 heavy (non-hydrogen) atoms. The largest absolute Gasteiger partial charge is 0.494 e. The van der Waals surface area contributed by atoms with E-state index >= 15 is 0 Å². The van der Waals surface area contributed by atoms with Crippen LogP contribution in [0.2, 0.25) is 0 Å². The zero-order chi connectivity index (χ0) is 10.2. The molecule has 0 heterocycles. The molecule has 0 radical (unpaired) electrons. The molecular weight excluding hydrogens is 174 g/mol. The Morgan fingerprint density at radius 1 is 1.29 bits per heavy atom. The molecule has 1 aromatic carbocycles. The van der Waals surface area contributed by atoms with Crippen molar-refractivity contribution in [3.63, 3.8) is 0 Å². The molecule has 0 aliphatic heterocycles. The average molecular weight is 193 g/mol. The summed E-state index contributed by atoms with van der Waals surface area (Å²) in [5, 5.41) is 3.16. The second-order valence-corrected chi connectivity index (χ2v) is 3.61. The summed E-state index contributed by atoms with van der Waals surface area (Å²) < 4.78 is 5.60. The molecule has 1 atom stereocenters. The van der Waals surface area contributed by atoms with Crippen LogP contribution in [-0.4, -0.2) is 20.2 Å². The fourth-order valence-corrected chi connectivity index (χ4v) is 1.35. The molecule has 0 fully saturated rings. The van der Waals surface area contributed by atoms with Crippen LogP contribution < -0.4 is 10.1 Å². The van der Waals surface area contributed by atoms with E-state index in [0.29, 0.717) is 5.92 Å². The van der Waals surface area contributed by atoms with Gasteiger partial charge in [0.05, 0.1) is 6.61 Å². The maximum absolute atomic E-state index is 5.60. The van der Waals surface area contributed by atoms with Gasteiger partial charge in [-0.05, 0) is 38.1 Å². The minimum Gasteiger partial charge on any atom is -0.494 e. The highest BCUT2D eigenvalue weighted by Gasteiger charge is 2.00. The number of benzene rings is 1. The molecule has 0 saturated heterocycles. The Kier molecular flexibility index (Phi) is 5.08. The van der Waals surface area contributed by atoms with Crippen molar-refractivity contribution in [2.24, 2.45) is 5.92 Å². The van der Waals surface area contributed by atoms with Gasteiger partial charge in [-0.25, -0.2) is 0 Å². The van der Waals surface area contributed by atoms with Crippen LogP contribution >= 0.6 is 0 Å². The number of hydrogen-bond acceptors (Lipinski definition) is 2. The van der Waals surface area contributed by atoms with Gasteiger partial charge in [-0.15, -0.1) is 0 Å². The molecule has 0 aliphatic rings. The summed E-state index contributed by atoms with van der Waals surface area (Å²) in [4.78, 5) is 0. The molecule has 0 saturated carbocycles. The Labute approximate surface area is 86.3 Å². The molecule has 2 nitrogen and oxygen atoms in total. The maximum Gasteiger partial charge on any atom is 0.119 e. The first-order valence-electron chi connectivity index (χ1n) is 5.15. The molecule has 78 valence electrons. The van der Waals surface area contributed by atoms with Crippen LogP contribution in [0.5, 0.6) is 5.75 Å². The summed E-state index contributed by atoms with van der Waals surface area (Å²) in [5.74, 6) is 1.63. The van der Waals surface area contributed by atoms with Crippen LogP contribution in [0.15, 0.2) is 30.3 Å². The van der Waals surface area contributed by atoms with Gasteiger partial charge in [-0.1, -0.05) is 25.1 Å². The zero-order valence-corrected chi connectivity index (χ0v) is 8.99. The Hall–Kier alpha value is -1.02. The molecule has 0 bridgehead atoms. The Morgan fingerprint density at radius 2 is 2.00 bits per heavy atom. The highest BCUT2D eigenvalue weighted by atomic mass is 16.5. The van der Waals surface area contributed by atoms with E-state index < -0.39 is 0 Å². The summed E-state index contributed by atoms with van der Waals surface area (Å²) in [5.41, 5.74) is 0. The van der Waals surface area contributed by atoms with Crippen molar-refractivity contribution in [3.8, 4) is 5.75 Å². The normalized spacial score (nSPS) is 12.4. The SMILES string of the molecule is CNCC(C)CCOc1ccccc1. The lowest BCUT2D eigenvalue weighted by molar-refractivity contribution is 0.282. The maximum atomic E-state index is 5.60. The van der Waals surface area contributed by atoms with Gasteiger partial charge >= 0.3 is 0 Å². The topological polar surface area (TPSA) is 21.3 Å². The first kappa shape index (κ1) is 11.1. The lowest BCUT2D eigenvalue weighted by Crippen LogP contribution is -2.18. The van der Waals surface area contributed by atoms with Crippen LogP contribution in [0, 0.1) is 5.92 Å². The highest BCUT2D eigenvalue weighted by Crippen LogP contribution is 2.09. The van der Waals surface area contributed by atoms with E-state index in [0.717, 1.165) is 25.3 Å². The predicted molar refractivity (Wildman–Crippen MR) is 59.6 cm³/mol. The third kappa shape index (κ3) is 4.28. The fraction of sp³-hybridized carbons (Fsp3) is 0.500. The van der Waals surface area contributed by atoms with Gasteiger partial charge < -0.3 is 10.1 Å². The fourth-order valence-electron chi connectivity index (χ4n) is 1.35. The summed E-state index contributed by atoms with van der Waals surface area (Å²) in [6.45, 7) is 4.08. The minimum atomic E-state index is 0.670. The molecule has 1 rings (SSSR count). The van der Waals surface area contributed by atoms with E-state index in [2.05, 4.69) is 12.2 Å². The van der Waals surface area contributed by atoms with Crippen LogP contribution in [0.3, 0.4) is 0 Å². The van der Waals surface area contributed by atoms with Gasteiger partial charge in [0, 0.05) is 0 Å². The molecule has 2 heteroatoms. The van der Waals surface area contributed by atoms with Crippen molar-refractivity contribution in [1.82, 2.24) is 5.32 Å². The molecule has 0 aromatic heterocycles. The van der Waals surface area contributed by atoms with Crippen molar-refractivity contribution in [2.45, 2.75) is 13.3 Å². The lowest BCUT2D eigenvalue weighted by atomic mass is 10.1. The summed E-state index contributed by atoms with van der Waals surface area (Å²) >= 11 is 0. The Balaban J connectivity index is 2.16. The highest BCUT2D eigenvalue weighted by molar-refractivity contribution is 5.20. The van der Waals surface area contributed by atoms with Crippen molar-refractivity contribution in [3.05, 3.63) is 30.3 Å². The quantitative estimate of drug-likeness (QED) is 0.748. The summed E-state index contributed by atoms with van der Waals surface area (Å²) in [6.07, 6.45) is 1.09. The van der Waals surface area contributed by atoms with E-state index in [9.17, 15) is 0 Å². The molecule has 1 N–H and O–H groups in total. The van der Waals surface area contributed by atoms with Crippen LogP contribution in [0.1, 0.15) is 13.3 Å². The van der Waals surface area contributed by atoms with E-state index in [1.54, 1.807) is 0 Å². The van der Waals surface area contributed by atoms with Crippen LogP contribution in [0.4, 0.5) is 0 Å². The number of hydrogen-bond donors (Lipinski definition) is 1. The van der Waals surface area contributed by atoms with Gasteiger partial charge in [0.25, 0.3) is 0 Å². The molecule has 1 unspecified atom stereocenters. The molecule has 0 spiro atoms. The molecule has 1 aromatic rings. The van der Waals surface area contributed by atoms with Gasteiger partial charge in [-0.2, -0.15) is 0 Å². The number of ether oxygens (including phenoxy) is 1. The minimum absolute atomic E-state index is 0.670. The van der Waals surface area contributed by atoms with E-state index in [1.807, 2.05) is 37.4 Å². The van der Waals surface area contributed by atoms with Crippen molar-refractivity contribution >= 4 is 0 Å². The Bertz CT molecular complexity index is 235. The van der Waals surface area contributed by atoms with E-state index in [-0.39, 0.29) is 0 Å². The van der Waals surface area contributed by atoms with Gasteiger partial charge in [0.1, 0.15) is 5.75 Å². The third-order valence-electron chi connectivity index (χ3n) is 2.18. The zero-order valence-electron chi connectivity index (χ0n) is 8.99. The van der Waals surface area contributed by atoms with Crippen molar-refractivity contribution in [1.29, 1.82) is 0 Å². The average Bonchev–Trinajstić information content (AvgIpc) is 2.20. The summed E-state index contributed by atoms with van der Waals surface area (Å²) in [7, 11) is 1.98. The standard InChI is InChI=1S/C12H19NO/c1-11(10-13-2)8-9-14-12-6-4-3-5-7-12/h3-7,11,13H,8-10H2,1-2H3. The molecule has 0 aliphatic carbocycles.